The highest BCUT2D eigenvalue weighted by Crippen LogP contribution is 2.35. The van der Waals surface area contributed by atoms with Gasteiger partial charge in [0.1, 0.15) is 0 Å². The maximum atomic E-state index is 12.1. The van der Waals surface area contributed by atoms with Gasteiger partial charge in [0.15, 0.2) is 9.84 Å². The monoisotopic (exact) mass is 316 g/mol. The molecule has 2 aliphatic heterocycles. The van der Waals surface area contributed by atoms with Crippen molar-refractivity contribution < 1.29 is 23.1 Å². The van der Waals surface area contributed by atoms with Gasteiger partial charge in [0.25, 0.3) is 0 Å². The van der Waals surface area contributed by atoms with E-state index in [4.69, 9.17) is 0 Å². The number of carbonyl (C=O) groups is 2. The standard InChI is InChI=1S/C13H20N2O5S/c1-2-13(11(16)17)4-6-15(7-5-13)12(18)14-10-3-8-21(19,20)9-10/h3,8,10H,2,4-7,9H2,1H3,(H,14,18)(H,16,17). The molecule has 7 nitrogen and oxygen atoms in total. The number of hydrogen-bond donors (Lipinski definition) is 2. The lowest BCUT2D eigenvalue weighted by Gasteiger charge is -2.38. The fraction of sp³-hybridized carbons (Fsp3) is 0.692. The van der Waals surface area contributed by atoms with E-state index in [1.165, 1.54) is 6.08 Å². The molecule has 0 aliphatic carbocycles. The molecular weight excluding hydrogens is 296 g/mol. The minimum atomic E-state index is -3.20. The van der Waals surface area contributed by atoms with E-state index in [9.17, 15) is 23.1 Å². The molecule has 1 atom stereocenters. The van der Waals surface area contributed by atoms with Crippen LogP contribution in [-0.4, -0.2) is 55.3 Å². The molecule has 2 aliphatic rings. The van der Waals surface area contributed by atoms with Crippen LogP contribution in [0.3, 0.4) is 0 Å². The number of sulfone groups is 1. The van der Waals surface area contributed by atoms with Crippen molar-refractivity contribution in [1.82, 2.24) is 10.2 Å². The number of rotatable bonds is 3. The van der Waals surface area contributed by atoms with Crippen LogP contribution < -0.4 is 5.32 Å². The van der Waals surface area contributed by atoms with E-state index in [-0.39, 0.29) is 11.8 Å². The fourth-order valence-electron chi connectivity index (χ4n) is 2.77. The van der Waals surface area contributed by atoms with Crippen molar-refractivity contribution in [2.45, 2.75) is 32.2 Å². The number of urea groups is 1. The zero-order valence-corrected chi connectivity index (χ0v) is 12.7. The Labute approximate surface area is 123 Å². The molecule has 8 heteroatoms. The number of carboxylic acid groups (broad SMARTS) is 1. The van der Waals surface area contributed by atoms with Gasteiger partial charge in [-0.25, -0.2) is 13.2 Å². The zero-order chi connectivity index (χ0) is 15.7. The molecule has 2 amide bonds. The Morgan fingerprint density at radius 2 is 2.00 bits per heavy atom. The second-order valence-electron chi connectivity index (χ2n) is 5.64. The van der Waals surface area contributed by atoms with E-state index < -0.39 is 27.3 Å². The molecule has 2 heterocycles. The molecule has 1 fully saturated rings. The van der Waals surface area contributed by atoms with E-state index in [0.29, 0.717) is 32.4 Å². The van der Waals surface area contributed by atoms with Gasteiger partial charge >= 0.3 is 12.0 Å². The molecule has 2 N–H and O–H groups in total. The Morgan fingerprint density at radius 1 is 1.38 bits per heavy atom. The third kappa shape index (κ3) is 3.37. The van der Waals surface area contributed by atoms with E-state index in [2.05, 4.69) is 5.32 Å². The lowest BCUT2D eigenvalue weighted by molar-refractivity contribution is -0.151. The van der Waals surface area contributed by atoms with E-state index >= 15 is 0 Å². The van der Waals surface area contributed by atoms with Crippen molar-refractivity contribution in [3.63, 3.8) is 0 Å². The van der Waals surface area contributed by atoms with E-state index in [0.717, 1.165) is 5.41 Å². The molecule has 0 bridgehead atoms. The first-order chi connectivity index (χ1) is 9.78. The number of carboxylic acids is 1. The van der Waals surface area contributed by atoms with Gasteiger partial charge in [-0.15, -0.1) is 0 Å². The first kappa shape index (κ1) is 15.8. The average Bonchev–Trinajstić information content (AvgIpc) is 2.77. The van der Waals surface area contributed by atoms with Crippen molar-refractivity contribution in [1.29, 1.82) is 0 Å². The molecule has 0 aromatic heterocycles. The highest BCUT2D eigenvalue weighted by Gasteiger charge is 2.41. The minimum Gasteiger partial charge on any atom is -0.481 e. The number of nitrogens with zero attached hydrogens (tertiary/aromatic N) is 1. The van der Waals surface area contributed by atoms with E-state index in [1.807, 2.05) is 6.92 Å². The number of piperidine rings is 1. The Kier molecular flexibility index (Phi) is 4.27. The molecule has 0 radical (unpaired) electrons. The summed E-state index contributed by atoms with van der Waals surface area (Å²) in [4.78, 5) is 25.0. The molecule has 1 unspecified atom stereocenters. The van der Waals surface area contributed by atoms with Gasteiger partial charge in [0, 0.05) is 18.5 Å². The highest BCUT2D eigenvalue weighted by atomic mass is 32.2. The summed E-state index contributed by atoms with van der Waals surface area (Å²) in [6, 6.07) is -0.836. The number of likely N-dealkylation sites (tertiary alicyclic amines) is 1. The topological polar surface area (TPSA) is 104 Å². The minimum absolute atomic E-state index is 0.111. The molecule has 0 aromatic carbocycles. The third-order valence-electron chi connectivity index (χ3n) is 4.38. The number of nitrogens with one attached hydrogen (secondary N) is 1. The smallest absolute Gasteiger partial charge is 0.317 e. The van der Waals surface area contributed by atoms with Crippen LogP contribution in [-0.2, 0) is 14.6 Å². The van der Waals surface area contributed by atoms with E-state index in [1.54, 1.807) is 4.90 Å². The SMILES string of the molecule is CCC1(C(=O)O)CCN(C(=O)NC2C=CS(=O)(=O)C2)CC1. The van der Waals surface area contributed by atoms with Gasteiger partial charge in [-0.05, 0) is 25.3 Å². The normalized spacial score (nSPS) is 26.5. The summed E-state index contributed by atoms with van der Waals surface area (Å²) in [5.41, 5.74) is -0.743. The fourth-order valence-corrected chi connectivity index (χ4v) is 4.01. The molecule has 2 rings (SSSR count). The van der Waals surface area contributed by atoms with Crippen molar-refractivity contribution >= 4 is 21.8 Å². The van der Waals surface area contributed by atoms with Crippen LogP contribution in [0.25, 0.3) is 0 Å². The van der Waals surface area contributed by atoms with Gasteiger partial charge < -0.3 is 15.3 Å². The Morgan fingerprint density at radius 3 is 2.43 bits per heavy atom. The summed E-state index contributed by atoms with van der Waals surface area (Å²) in [6.45, 7) is 2.59. The number of amides is 2. The first-order valence-corrected chi connectivity index (χ1v) is 8.69. The highest BCUT2D eigenvalue weighted by molar-refractivity contribution is 7.94. The number of hydrogen-bond acceptors (Lipinski definition) is 4. The third-order valence-corrected chi connectivity index (χ3v) is 5.77. The van der Waals surface area contributed by atoms with Crippen LogP contribution in [0, 0.1) is 5.41 Å². The predicted octanol–water partition coefficient (Wildman–Crippen LogP) is 0.583. The summed E-state index contributed by atoms with van der Waals surface area (Å²) in [6.07, 6.45) is 2.85. The summed E-state index contributed by atoms with van der Waals surface area (Å²) in [5.74, 6) is -0.921. The van der Waals surface area contributed by atoms with Gasteiger partial charge in [0.2, 0.25) is 0 Å². The number of carbonyl (C=O) groups excluding carboxylic acids is 1. The molecular formula is C13H20N2O5S. The average molecular weight is 316 g/mol. The second-order valence-corrected chi connectivity index (χ2v) is 7.57. The van der Waals surface area contributed by atoms with Crippen LogP contribution in [0.5, 0.6) is 0 Å². The van der Waals surface area contributed by atoms with Gasteiger partial charge in [-0.1, -0.05) is 6.92 Å². The van der Waals surface area contributed by atoms with Crippen molar-refractivity contribution in [2.75, 3.05) is 18.8 Å². The van der Waals surface area contributed by atoms with Crippen LogP contribution in [0.4, 0.5) is 4.79 Å². The Bertz CT molecular complexity index is 561. The molecule has 21 heavy (non-hydrogen) atoms. The van der Waals surface area contributed by atoms with Crippen LogP contribution >= 0.6 is 0 Å². The summed E-state index contributed by atoms with van der Waals surface area (Å²) < 4.78 is 22.6. The molecule has 0 aromatic rings. The van der Waals surface area contributed by atoms with Crippen LogP contribution in [0.2, 0.25) is 0 Å². The Hall–Kier alpha value is -1.57. The molecule has 0 spiro atoms. The van der Waals surface area contributed by atoms with Crippen molar-refractivity contribution in [2.24, 2.45) is 5.41 Å². The molecule has 1 saturated heterocycles. The van der Waals surface area contributed by atoms with Gasteiger partial charge in [-0.2, -0.15) is 0 Å². The van der Waals surface area contributed by atoms with Gasteiger partial charge in [0.05, 0.1) is 17.2 Å². The lowest BCUT2D eigenvalue weighted by Crippen LogP contribution is -2.51. The van der Waals surface area contributed by atoms with Crippen molar-refractivity contribution in [3.05, 3.63) is 11.5 Å². The first-order valence-electron chi connectivity index (χ1n) is 6.98. The lowest BCUT2D eigenvalue weighted by atomic mass is 9.76. The Balaban J connectivity index is 1.89. The summed E-state index contributed by atoms with van der Waals surface area (Å²) >= 11 is 0. The quantitative estimate of drug-likeness (QED) is 0.793. The molecule has 118 valence electrons. The predicted molar refractivity (Wildman–Crippen MR) is 76.4 cm³/mol. The zero-order valence-electron chi connectivity index (χ0n) is 11.9. The summed E-state index contributed by atoms with van der Waals surface area (Å²) in [7, 11) is -3.20. The summed E-state index contributed by atoms with van der Waals surface area (Å²) in [5, 5.41) is 13.1. The molecule has 0 saturated carbocycles. The van der Waals surface area contributed by atoms with Crippen LogP contribution in [0.15, 0.2) is 11.5 Å². The largest absolute Gasteiger partial charge is 0.481 e. The second kappa shape index (κ2) is 5.67. The maximum Gasteiger partial charge on any atom is 0.317 e. The number of aliphatic carboxylic acids is 1. The van der Waals surface area contributed by atoms with Crippen molar-refractivity contribution in [3.8, 4) is 0 Å². The van der Waals surface area contributed by atoms with Gasteiger partial charge in [-0.3, -0.25) is 4.79 Å². The maximum absolute atomic E-state index is 12.1. The van der Waals surface area contributed by atoms with Crippen LogP contribution in [0.1, 0.15) is 26.2 Å².